The molecule has 0 aliphatic heterocycles. The molecule has 0 aromatic heterocycles. The van der Waals surface area contributed by atoms with E-state index in [9.17, 15) is 0 Å². The molecule has 0 heterocycles. The molecule has 0 atom stereocenters. The molecule has 0 radical (unpaired) electrons. The summed E-state index contributed by atoms with van der Waals surface area (Å²) in [5.41, 5.74) is 5.99. The molecule has 0 rings (SSSR count). The van der Waals surface area contributed by atoms with E-state index in [1.807, 2.05) is 0 Å². The van der Waals surface area contributed by atoms with Crippen molar-refractivity contribution in [1.29, 1.82) is 0 Å². The fraction of sp³-hybridized carbons (Fsp3) is 1.00. The predicted octanol–water partition coefficient (Wildman–Crippen LogP) is 5.08. The van der Waals surface area contributed by atoms with E-state index in [0.29, 0.717) is 5.41 Å². The average Bonchev–Trinajstić information content (AvgIpc) is 2.33. The van der Waals surface area contributed by atoms with Crippen molar-refractivity contribution in [1.82, 2.24) is 0 Å². The largest absolute Gasteiger partial charge is 0.400 e. The highest BCUT2D eigenvalue weighted by Crippen LogP contribution is 2.22. The van der Waals surface area contributed by atoms with E-state index in [0.717, 1.165) is 13.7 Å². The molecular weight excluding hydrogens is 302 g/mol. The maximum atomic E-state index is 7.00. The monoisotopic (exact) mass is 339 g/mol. The Balaban J connectivity index is -0.000000809. The lowest BCUT2D eigenvalue weighted by Gasteiger charge is -2.17. The van der Waals surface area contributed by atoms with Gasteiger partial charge in [0.05, 0.1) is 0 Å². The lowest BCUT2D eigenvalue weighted by molar-refractivity contribution is 0.356. The maximum absolute atomic E-state index is 7.00. The molecule has 0 aliphatic carbocycles. The minimum absolute atomic E-state index is 0. The van der Waals surface area contributed by atoms with Gasteiger partial charge in [-0.1, -0.05) is 72.1 Å². The van der Waals surface area contributed by atoms with Crippen molar-refractivity contribution in [2.45, 2.75) is 85.0 Å². The van der Waals surface area contributed by atoms with Crippen molar-refractivity contribution in [2.24, 2.45) is 11.1 Å². The first kappa shape index (κ1) is 24.4. The minimum atomic E-state index is 0. The van der Waals surface area contributed by atoms with Crippen LogP contribution < -0.4 is 5.73 Å². The summed E-state index contributed by atoms with van der Waals surface area (Å²) in [5, 5.41) is 7.00. The second-order valence-electron chi connectivity index (χ2n) is 6.28. The molecule has 0 saturated heterocycles. The summed E-state index contributed by atoms with van der Waals surface area (Å²) < 4.78 is 0. The van der Waals surface area contributed by atoms with Crippen LogP contribution in [-0.2, 0) is 0 Å². The molecule has 19 heavy (non-hydrogen) atoms. The van der Waals surface area contributed by atoms with Gasteiger partial charge < -0.3 is 10.8 Å². The first-order chi connectivity index (χ1) is 8.56. The zero-order valence-electron chi connectivity index (χ0n) is 13.7. The molecule has 120 valence electrons. The third kappa shape index (κ3) is 27.6. The highest BCUT2D eigenvalue weighted by molar-refractivity contribution is 8.93. The summed E-state index contributed by atoms with van der Waals surface area (Å²) in [6.45, 7) is 7.88. The molecule has 0 bridgehead atoms. The molecule has 3 N–H and O–H groups in total. The fourth-order valence-electron chi connectivity index (χ4n) is 2.04. The van der Waals surface area contributed by atoms with Gasteiger partial charge in [0.2, 0.25) is 0 Å². The van der Waals surface area contributed by atoms with E-state index in [2.05, 4.69) is 20.8 Å². The quantitative estimate of drug-likeness (QED) is 0.545. The van der Waals surface area contributed by atoms with E-state index < -0.39 is 0 Å². The molecule has 0 spiro atoms. The highest BCUT2D eigenvalue weighted by atomic mass is 79.9. The van der Waals surface area contributed by atoms with E-state index in [1.165, 1.54) is 64.2 Å². The number of hydrogen-bond acceptors (Lipinski definition) is 2. The standard InChI is InChI=1S/C15H33N.CH4O.BrH/c1-15(2,3)13-11-9-7-5-4-6-8-10-12-14-16;1-2;/h4-14,16H2,1-3H3;2H,1H3;1H. The lowest BCUT2D eigenvalue weighted by atomic mass is 9.89. The van der Waals surface area contributed by atoms with Crippen LogP contribution >= 0.6 is 17.0 Å². The number of unbranched alkanes of at least 4 members (excludes halogenated alkanes) is 8. The van der Waals surface area contributed by atoms with Crippen LogP contribution in [-0.4, -0.2) is 18.8 Å². The summed E-state index contributed by atoms with van der Waals surface area (Å²) in [6.07, 6.45) is 13.9. The van der Waals surface area contributed by atoms with Crippen molar-refractivity contribution in [3.05, 3.63) is 0 Å². The van der Waals surface area contributed by atoms with Gasteiger partial charge >= 0.3 is 0 Å². The van der Waals surface area contributed by atoms with Crippen LogP contribution in [0.4, 0.5) is 0 Å². The molecule has 0 aromatic carbocycles. The van der Waals surface area contributed by atoms with E-state index in [4.69, 9.17) is 10.8 Å². The molecule has 2 nitrogen and oxygen atoms in total. The average molecular weight is 340 g/mol. The number of hydrogen-bond donors (Lipinski definition) is 2. The summed E-state index contributed by atoms with van der Waals surface area (Å²) in [6, 6.07) is 0. The third-order valence-electron chi connectivity index (χ3n) is 3.13. The third-order valence-corrected chi connectivity index (χ3v) is 3.13. The van der Waals surface area contributed by atoms with E-state index in [1.54, 1.807) is 0 Å². The van der Waals surface area contributed by atoms with Gasteiger partial charge in [-0.2, -0.15) is 0 Å². The molecule has 0 saturated carbocycles. The van der Waals surface area contributed by atoms with Gasteiger partial charge in [0.1, 0.15) is 0 Å². The maximum Gasteiger partial charge on any atom is 0.0319 e. The van der Waals surface area contributed by atoms with Gasteiger partial charge in [0.25, 0.3) is 0 Å². The minimum Gasteiger partial charge on any atom is -0.400 e. The predicted molar refractivity (Wildman–Crippen MR) is 93.1 cm³/mol. The SMILES string of the molecule is Br.CC(C)(C)CCCCCCCCCCCN.CO. The van der Waals surface area contributed by atoms with Crippen molar-refractivity contribution >= 4 is 17.0 Å². The smallest absolute Gasteiger partial charge is 0.0319 e. The van der Waals surface area contributed by atoms with Crippen LogP contribution in [0.25, 0.3) is 0 Å². The number of nitrogens with two attached hydrogens (primary N) is 1. The summed E-state index contributed by atoms with van der Waals surface area (Å²) in [7, 11) is 1.00. The number of halogens is 1. The van der Waals surface area contributed by atoms with Crippen molar-refractivity contribution in [3.8, 4) is 0 Å². The molecule has 0 amide bonds. The van der Waals surface area contributed by atoms with Gasteiger partial charge in [-0.3, -0.25) is 0 Å². The zero-order chi connectivity index (χ0) is 14.3. The Hall–Kier alpha value is 0.400. The van der Waals surface area contributed by atoms with Crippen molar-refractivity contribution in [2.75, 3.05) is 13.7 Å². The Bertz CT molecular complexity index is 146. The van der Waals surface area contributed by atoms with Crippen molar-refractivity contribution in [3.63, 3.8) is 0 Å². The number of rotatable bonds is 10. The van der Waals surface area contributed by atoms with Crippen LogP contribution in [0, 0.1) is 5.41 Å². The summed E-state index contributed by atoms with van der Waals surface area (Å²) >= 11 is 0. The van der Waals surface area contributed by atoms with Gasteiger partial charge in [-0.05, 0) is 24.8 Å². The van der Waals surface area contributed by atoms with E-state index >= 15 is 0 Å². The summed E-state index contributed by atoms with van der Waals surface area (Å²) in [5.74, 6) is 0. The van der Waals surface area contributed by atoms with Gasteiger partial charge in [0.15, 0.2) is 0 Å². The lowest BCUT2D eigenvalue weighted by Crippen LogP contribution is -2.03. The second-order valence-corrected chi connectivity index (χ2v) is 6.28. The fourth-order valence-corrected chi connectivity index (χ4v) is 2.04. The Labute approximate surface area is 132 Å². The Kier molecular flexibility index (Phi) is 23.6. The normalized spacial score (nSPS) is 10.4. The summed E-state index contributed by atoms with van der Waals surface area (Å²) in [4.78, 5) is 0. The van der Waals surface area contributed by atoms with E-state index in [-0.39, 0.29) is 17.0 Å². The van der Waals surface area contributed by atoms with Crippen LogP contribution in [0.3, 0.4) is 0 Å². The molecular formula is C16H38BrNO. The molecule has 0 aliphatic rings. The van der Waals surface area contributed by atoms with Crippen LogP contribution in [0.2, 0.25) is 0 Å². The van der Waals surface area contributed by atoms with Crippen LogP contribution in [0.15, 0.2) is 0 Å². The molecule has 3 heteroatoms. The second kappa shape index (κ2) is 18.4. The van der Waals surface area contributed by atoms with Gasteiger partial charge in [-0.15, -0.1) is 17.0 Å². The Morgan fingerprint density at radius 2 is 1.00 bits per heavy atom. The molecule has 0 aromatic rings. The van der Waals surface area contributed by atoms with Gasteiger partial charge in [0, 0.05) is 7.11 Å². The Morgan fingerprint density at radius 1 is 0.684 bits per heavy atom. The highest BCUT2D eigenvalue weighted by Gasteiger charge is 2.08. The molecule has 0 fully saturated rings. The molecule has 0 unspecified atom stereocenters. The van der Waals surface area contributed by atoms with Crippen LogP contribution in [0.1, 0.15) is 85.0 Å². The van der Waals surface area contributed by atoms with Crippen molar-refractivity contribution < 1.29 is 5.11 Å². The first-order valence-electron chi connectivity index (χ1n) is 7.71. The Morgan fingerprint density at radius 3 is 1.32 bits per heavy atom. The van der Waals surface area contributed by atoms with Gasteiger partial charge in [-0.25, -0.2) is 0 Å². The van der Waals surface area contributed by atoms with Crippen LogP contribution in [0.5, 0.6) is 0 Å². The number of aliphatic hydroxyl groups excluding tert-OH is 1. The first-order valence-corrected chi connectivity index (χ1v) is 7.71. The topological polar surface area (TPSA) is 46.2 Å². The number of aliphatic hydroxyl groups is 1. The zero-order valence-corrected chi connectivity index (χ0v) is 15.4.